The van der Waals surface area contributed by atoms with E-state index < -0.39 is 28.1 Å². The number of methoxy groups -OCH3 is 1. The first-order valence-corrected chi connectivity index (χ1v) is 14.7. The number of nitrogens with one attached hydrogen (secondary N) is 1. The van der Waals surface area contributed by atoms with Crippen molar-refractivity contribution in [1.29, 1.82) is 0 Å². The number of nitrogens with two attached hydrogens (primary N) is 1. The molecule has 206 valence electrons. The second-order valence-electron chi connectivity index (χ2n) is 9.56. The lowest BCUT2D eigenvalue weighted by Gasteiger charge is -2.31. The molecule has 0 bridgehead atoms. The number of benzene rings is 3. The molecule has 3 aromatic carbocycles. The van der Waals surface area contributed by atoms with E-state index in [9.17, 15) is 18.3 Å². The summed E-state index contributed by atoms with van der Waals surface area (Å²) in [7, 11) is -2.44. The summed E-state index contributed by atoms with van der Waals surface area (Å²) in [4.78, 5) is 17.6. The Morgan fingerprint density at radius 3 is 2.41 bits per heavy atom. The number of carbonyl (C=O) groups is 1. The van der Waals surface area contributed by atoms with Gasteiger partial charge >= 0.3 is 0 Å². The Hall–Kier alpha value is -3.51. The molecule has 4 rings (SSSR count). The predicted octanol–water partition coefficient (Wildman–Crippen LogP) is 4.07. The summed E-state index contributed by atoms with van der Waals surface area (Å²) in [6, 6.07) is 19.3. The molecule has 0 fully saturated rings. The molecule has 0 saturated heterocycles. The second kappa shape index (κ2) is 12.1. The van der Waals surface area contributed by atoms with Crippen LogP contribution in [0.1, 0.15) is 35.8 Å². The zero-order chi connectivity index (χ0) is 28.2. The zero-order valence-electron chi connectivity index (χ0n) is 21.9. The fourth-order valence-corrected chi connectivity index (χ4v) is 6.65. The number of nitrogens with zero attached hydrogens (tertiary/aromatic N) is 2. The van der Waals surface area contributed by atoms with Crippen LogP contribution in [0.2, 0.25) is 0 Å². The fourth-order valence-electron chi connectivity index (χ4n) is 4.26. The van der Waals surface area contributed by atoms with E-state index in [2.05, 4.69) is 10.3 Å². The van der Waals surface area contributed by atoms with Gasteiger partial charge in [0, 0.05) is 18.7 Å². The highest BCUT2D eigenvalue weighted by Crippen LogP contribution is 2.27. The average Bonchev–Trinajstić information content (AvgIpc) is 3.30. The molecule has 1 heterocycles. The Kier molecular flexibility index (Phi) is 8.86. The van der Waals surface area contributed by atoms with Crippen molar-refractivity contribution in [3.8, 4) is 5.75 Å². The van der Waals surface area contributed by atoms with E-state index in [4.69, 9.17) is 10.5 Å². The van der Waals surface area contributed by atoms with Crippen LogP contribution in [0.15, 0.2) is 77.7 Å². The number of carbonyl (C=O) groups excluding carboxylic acids is 1. The zero-order valence-corrected chi connectivity index (χ0v) is 23.6. The van der Waals surface area contributed by atoms with Gasteiger partial charge in [0.15, 0.2) is 5.13 Å². The number of anilines is 1. The van der Waals surface area contributed by atoms with E-state index in [1.165, 1.54) is 34.9 Å². The molecule has 1 aromatic heterocycles. The van der Waals surface area contributed by atoms with Crippen LogP contribution >= 0.6 is 11.3 Å². The Balaban J connectivity index is 1.62. The topological polar surface area (TPSA) is 135 Å². The van der Waals surface area contributed by atoms with Crippen molar-refractivity contribution in [3.05, 3.63) is 83.9 Å². The van der Waals surface area contributed by atoms with Gasteiger partial charge in [-0.1, -0.05) is 55.5 Å². The van der Waals surface area contributed by atoms with Gasteiger partial charge in [-0.2, -0.15) is 4.31 Å². The molecule has 2 atom stereocenters. The minimum Gasteiger partial charge on any atom is -0.497 e. The van der Waals surface area contributed by atoms with Crippen molar-refractivity contribution in [2.75, 3.05) is 25.9 Å². The highest BCUT2D eigenvalue weighted by molar-refractivity contribution is 7.89. The number of hydrogen-bond donors (Lipinski definition) is 3. The Morgan fingerprint density at radius 2 is 1.77 bits per heavy atom. The Bertz CT molecular complexity index is 1520. The minimum atomic E-state index is -3.95. The standard InChI is InChI=1S/C28H32N4O5S2/c1-18(2)16-32(39(35,36)22-12-10-21(37-3)11-13-22)17-24(33)26(19-7-5-4-6-8-19)31-27(34)20-9-14-23-25(15-20)38-28(29)30-23/h4-15,18,24,26,33H,16-17H2,1-3H3,(H2,29,30)(H,31,34)/t24-,26?/m1/s1. The van der Waals surface area contributed by atoms with Gasteiger partial charge < -0.3 is 20.9 Å². The highest BCUT2D eigenvalue weighted by atomic mass is 32.2. The molecule has 0 aliphatic carbocycles. The maximum absolute atomic E-state index is 13.6. The minimum absolute atomic E-state index is 0.00596. The lowest BCUT2D eigenvalue weighted by atomic mass is 10.0. The molecule has 9 nitrogen and oxygen atoms in total. The highest BCUT2D eigenvalue weighted by Gasteiger charge is 2.32. The van der Waals surface area contributed by atoms with Crippen LogP contribution in [0.4, 0.5) is 5.13 Å². The molecular weight excluding hydrogens is 536 g/mol. The van der Waals surface area contributed by atoms with Gasteiger partial charge in [-0.3, -0.25) is 4.79 Å². The molecule has 1 amide bonds. The molecule has 39 heavy (non-hydrogen) atoms. The molecule has 4 aromatic rings. The van der Waals surface area contributed by atoms with E-state index >= 15 is 0 Å². The van der Waals surface area contributed by atoms with Crippen LogP contribution < -0.4 is 15.8 Å². The van der Waals surface area contributed by atoms with Crippen LogP contribution in [0, 0.1) is 5.92 Å². The lowest BCUT2D eigenvalue weighted by molar-refractivity contribution is 0.0774. The number of aliphatic hydroxyl groups excluding tert-OH is 1. The summed E-state index contributed by atoms with van der Waals surface area (Å²) in [6.07, 6.45) is -1.24. The summed E-state index contributed by atoms with van der Waals surface area (Å²) >= 11 is 1.28. The van der Waals surface area contributed by atoms with Gasteiger partial charge in [-0.15, -0.1) is 0 Å². The third-order valence-electron chi connectivity index (χ3n) is 6.15. The molecule has 11 heteroatoms. The number of ether oxygens (including phenoxy) is 1. The number of aromatic nitrogens is 1. The smallest absolute Gasteiger partial charge is 0.251 e. The van der Waals surface area contributed by atoms with Crippen molar-refractivity contribution < 1.29 is 23.1 Å². The van der Waals surface area contributed by atoms with E-state index in [-0.39, 0.29) is 23.9 Å². The number of thiazole rings is 1. The number of nitrogen functional groups attached to an aromatic ring is 1. The number of sulfonamides is 1. The number of amides is 1. The maximum atomic E-state index is 13.6. The Morgan fingerprint density at radius 1 is 1.08 bits per heavy atom. The fraction of sp³-hybridized carbons (Fsp3) is 0.286. The molecule has 0 aliphatic heterocycles. The van der Waals surface area contributed by atoms with Crippen molar-refractivity contribution in [1.82, 2.24) is 14.6 Å². The first-order valence-electron chi connectivity index (χ1n) is 12.4. The van der Waals surface area contributed by atoms with Crippen molar-refractivity contribution >= 4 is 42.6 Å². The van der Waals surface area contributed by atoms with Gasteiger partial charge in [0.2, 0.25) is 10.0 Å². The van der Waals surface area contributed by atoms with Gasteiger partial charge in [0.1, 0.15) is 5.75 Å². The summed E-state index contributed by atoms with van der Waals surface area (Å²) in [5.74, 6) is 0.120. The third kappa shape index (κ3) is 6.74. The van der Waals surface area contributed by atoms with E-state index in [1.807, 2.05) is 19.9 Å². The summed E-state index contributed by atoms with van der Waals surface area (Å²) in [5, 5.41) is 14.8. The molecule has 0 spiro atoms. The van der Waals surface area contributed by atoms with Gasteiger partial charge in [0.25, 0.3) is 5.91 Å². The van der Waals surface area contributed by atoms with Crippen molar-refractivity contribution in [2.24, 2.45) is 5.92 Å². The number of aliphatic hydroxyl groups is 1. The first-order chi connectivity index (χ1) is 18.6. The molecule has 0 aliphatic rings. The van der Waals surface area contributed by atoms with E-state index in [0.29, 0.717) is 27.5 Å². The average molecular weight is 569 g/mol. The summed E-state index contributed by atoms with van der Waals surface area (Å²) in [6.45, 7) is 3.77. The van der Waals surface area contributed by atoms with Crippen LogP contribution in [-0.4, -0.2) is 55.0 Å². The second-order valence-corrected chi connectivity index (χ2v) is 12.6. The monoisotopic (exact) mass is 568 g/mol. The van der Waals surface area contributed by atoms with Gasteiger partial charge in [-0.05, 0) is 53.9 Å². The van der Waals surface area contributed by atoms with Crippen LogP contribution in [0.3, 0.4) is 0 Å². The first kappa shape index (κ1) is 28.5. The lowest BCUT2D eigenvalue weighted by Crippen LogP contribution is -2.45. The quantitative estimate of drug-likeness (QED) is 0.248. The largest absolute Gasteiger partial charge is 0.497 e. The van der Waals surface area contributed by atoms with Crippen molar-refractivity contribution in [3.63, 3.8) is 0 Å². The van der Waals surface area contributed by atoms with Crippen LogP contribution in [0.5, 0.6) is 5.75 Å². The van der Waals surface area contributed by atoms with Gasteiger partial charge in [0.05, 0.1) is 34.4 Å². The summed E-state index contributed by atoms with van der Waals surface area (Å²) in [5.41, 5.74) is 7.52. The molecule has 4 N–H and O–H groups in total. The molecule has 1 unspecified atom stereocenters. The number of fused-ring (bicyclic) bond motifs is 1. The maximum Gasteiger partial charge on any atom is 0.251 e. The number of rotatable bonds is 11. The van der Waals surface area contributed by atoms with Crippen LogP contribution in [0.25, 0.3) is 10.2 Å². The molecule has 0 radical (unpaired) electrons. The molecule has 0 saturated carbocycles. The molecular formula is C28H32N4O5S2. The van der Waals surface area contributed by atoms with E-state index in [1.54, 1.807) is 54.6 Å². The Labute approximate surface area is 232 Å². The van der Waals surface area contributed by atoms with Crippen molar-refractivity contribution in [2.45, 2.75) is 30.9 Å². The van der Waals surface area contributed by atoms with Crippen LogP contribution in [-0.2, 0) is 10.0 Å². The normalized spacial score (nSPS) is 13.5. The predicted molar refractivity (Wildman–Crippen MR) is 153 cm³/mol. The SMILES string of the molecule is COc1ccc(S(=O)(=O)N(CC(C)C)C[C@@H](O)C(NC(=O)c2ccc3nc(N)sc3c2)c2ccccc2)cc1. The number of hydrogen-bond acceptors (Lipinski definition) is 8. The van der Waals surface area contributed by atoms with Gasteiger partial charge in [-0.25, -0.2) is 13.4 Å². The van der Waals surface area contributed by atoms with E-state index in [0.717, 1.165) is 4.70 Å². The third-order valence-corrected chi connectivity index (χ3v) is 8.85. The summed E-state index contributed by atoms with van der Waals surface area (Å²) < 4.78 is 34.4.